The Hall–Kier alpha value is -3.15. The molecule has 1 atom stereocenters. The van der Waals surface area contributed by atoms with Gasteiger partial charge in [-0.05, 0) is 31.2 Å². The molecule has 6 nitrogen and oxygen atoms in total. The molecule has 2 heterocycles. The number of ether oxygens (including phenoxy) is 1. The van der Waals surface area contributed by atoms with E-state index in [4.69, 9.17) is 4.74 Å². The molecule has 1 aromatic carbocycles. The van der Waals surface area contributed by atoms with E-state index < -0.39 is 6.10 Å². The molecule has 0 spiro atoms. The number of nitrogens with one attached hydrogen (secondary N) is 1. The molecule has 0 aliphatic rings. The van der Waals surface area contributed by atoms with Gasteiger partial charge in [0.1, 0.15) is 5.82 Å². The van der Waals surface area contributed by atoms with E-state index in [1.165, 1.54) is 0 Å². The summed E-state index contributed by atoms with van der Waals surface area (Å²) in [5.74, 6) is 0.596. The van der Waals surface area contributed by atoms with Crippen molar-refractivity contribution in [2.75, 3.05) is 5.32 Å². The molecule has 0 aliphatic heterocycles. The van der Waals surface area contributed by atoms with Gasteiger partial charge >= 0.3 is 0 Å². The van der Waals surface area contributed by atoms with Crippen molar-refractivity contribution in [3.8, 4) is 11.6 Å². The van der Waals surface area contributed by atoms with E-state index in [9.17, 15) is 4.79 Å². The minimum atomic E-state index is -0.684. The van der Waals surface area contributed by atoms with Crippen LogP contribution in [0.3, 0.4) is 0 Å². The lowest BCUT2D eigenvalue weighted by molar-refractivity contribution is -0.122. The average Bonchev–Trinajstić information content (AvgIpc) is 3.05. The number of hydrogen-bond acceptors (Lipinski definition) is 4. The summed E-state index contributed by atoms with van der Waals surface area (Å²) in [7, 11) is 0. The number of para-hydroxylation sites is 1. The van der Waals surface area contributed by atoms with Gasteiger partial charge in [-0.1, -0.05) is 24.3 Å². The molecule has 3 aromatic rings. The van der Waals surface area contributed by atoms with E-state index >= 15 is 0 Å². The van der Waals surface area contributed by atoms with Crippen LogP contribution in [0.25, 0.3) is 5.69 Å². The summed E-state index contributed by atoms with van der Waals surface area (Å²) >= 11 is 0. The van der Waals surface area contributed by atoms with Crippen LogP contribution in [0.4, 0.5) is 5.82 Å². The molecule has 6 heteroatoms. The lowest BCUT2D eigenvalue weighted by atomic mass is 10.3. The second-order valence-electron chi connectivity index (χ2n) is 4.90. The van der Waals surface area contributed by atoms with Gasteiger partial charge in [0, 0.05) is 18.5 Å². The van der Waals surface area contributed by atoms with Crippen LogP contribution in [0.15, 0.2) is 67.0 Å². The second-order valence-corrected chi connectivity index (χ2v) is 4.90. The monoisotopic (exact) mass is 308 g/mol. The number of anilines is 1. The van der Waals surface area contributed by atoms with Crippen molar-refractivity contribution in [2.45, 2.75) is 13.0 Å². The van der Waals surface area contributed by atoms with Crippen LogP contribution in [0, 0.1) is 0 Å². The van der Waals surface area contributed by atoms with Crippen LogP contribution < -0.4 is 10.1 Å². The maximum atomic E-state index is 12.1. The van der Waals surface area contributed by atoms with Crippen molar-refractivity contribution >= 4 is 11.7 Å². The Morgan fingerprint density at radius 3 is 2.65 bits per heavy atom. The van der Waals surface area contributed by atoms with Crippen molar-refractivity contribution in [3.05, 3.63) is 67.0 Å². The summed E-state index contributed by atoms with van der Waals surface area (Å²) in [5.41, 5.74) is 0.924. The summed E-state index contributed by atoms with van der Waals surface area (Å²) in [6, 6.07) is 16.7. The normalized spacial score (nSPS) is 11.7. The summed E-state index contributed by atoms with van der Waals surface area (Å²) in [5, 5.41) is 7.00. The van der Waals surface area contributed by atoms with Gasteiger partial charge in [0.2, 0.25) is 5.88 Å². The third-order valence-electron chi connectivity index (χ3n) is 3.17. The molecule has 0 fully saturated rings. The number of aromatic nitrogens is 3. The zero-order chi connectivity index (χ0) is 16.1. The van der Waals surface area contributed by atoms with Gasteiger partial charge in [0.05, 0.1) is 5.69 Å². The van der Waals surface area contributed by atoms with Crippen molar-refractivity contribution in [2.24, 2.45) is 0 Å². The zero-order valence-corrected chi connectivity index (χ0v) is 12.6. The summed E-state index contributed by atoms with van der Waals surface area (Å²) in [4.78, 5) is 16.1. The Bertz CT molecular complexity index is 772. The number of amides is 1. The van der Waals surface area contributed by atoms with E-state index in [0.29, 0.717) is 11.7 Å². The van der Waals surface area contributed by atoms with Gasteiger partial charge in [-0.3, -0.25) is 4.79 Å². The summed E-state index contributed by atoms with van der Waals surface area (Å²) in [6.45, 7) is 1.67. The number of carbonyl (C=O) groups is 1. The fourth-order valence-corrected chi connectivity index (χ4v) is 1.99. The minimum absolute atomic E-state index is 0.280. The van der Waals surface area contributed by atoms with Crippen LogP contribution in [0.1, 0.15) is 6.92 Å². The Labute approximate surface area is 133 Å². The highest BCUT2D eigenvalue weighted by molar-refractivity contribution is 5.93. The van der Waals surface area contributed by atoms with Crippen molar-refractivity contribution in [1.29, 1.82) is 0 Å². The first-order valence-corrected chi connectivity index (χ1v) is 7.22. The van der Waals surface area contributed by atoms with Gasteiger partial charge in [-0.2, -0.15) is 0 Å². The van der Waals surface area contributed by atoms with Gasteiger partial charge < -0.3 is 10.1 Å². The molecule has 23 heavy (non-hydrogen) atoms. The van der Waals surface area contributed by atoms with E-state index in [0.717, 1.165) is 5.69 Å². The fourth-order valence-electron chi connectivity index (χ4n) is 1.99. The van der Waals surface area contributed by atoms with Crippen molar-refractivity contribution in [1.82, 2.24) is 14.8 Å². The van der Waals surface area contributed by atoms with Crippen molar-refractivity contribution < 1.29 is 9.53 Å². The molecule has 1 amide bonds. The predicted octanol–water partition coefficient (Wildman–Crippen LogP) is 2.67. The Morgan fingerprint density at radius 1 is 1.13 bits per heavy atom. The molecular weight excluding hydrogens is 292 g/mol. The SMILES string of the molecule is C[C@@H](Oc1ccn(-c2ccccc2)n1)C(=O)Nc1ccccn1. The van der Waals surface area contributed by atoms with E-state index in [1.807, 2.05) is 30.3 Å². The number of hydrogen-bond donors (Lipinski definition) is 1. The fraction of sp³-hybridized carbons (Fsp3) is 0.118. The van der Waals surface area contributed by atoms with Crippen molar-refractivity contribution in [3.63, 3.8) is 0 Å². The van der Waals surface area contributed by atoms with Gasteiger partial charge in [0.25, 0.3) is 5.91 Å². The van der Waals surface area contributed by atoms with Crippen LogP contribution in [-0.2, 0) is 4.79 Å². The lowest BCUT2D eigenvalue weighted by Crippen LogP contribution is -2.30. The Kier molecular flexibility index (Phi) is 4.33. The first-order valence-electron chi connectivity index (χ1n) is 7.22. The molecule has 0 bridgehead atoms. The third kappa shape index (κ3) is 3.74. The number of benzene rings is 1. The Balaban J connectivity index is 1.63. The molecule has 1 N–H and O–H groups in total. The van der Waals surface area contributed by atoms with Crippen LogP contribution in [0.2, 0.25) is 0 Å². The van der Waals surface area contributed by atoms with E-state index in [2.05, 4.69) is 15.4 Å². The molecule has 2 aromatic heterocycles. The zero-order valence-electron chi connectivity index (χ0n) is 12.6. The number of rotatable bonds is 5. The van der Waals surface area contributed by atoms with Gasteiger partial charge in [-0.25, -0.2) is 9.67 Å². The second kappa shape index (κ2) is 6.74. The molecule has 0 saturated heterocycles. The predicted molar refractivity (Wildman–Crippen MR) is 86.5 cm³/mol. The van der Waals surface area contributed by atoms with Gasteiger partial charge in [0.15, 0.2) is 6.10 Å². The molecule has 0 radical (unpaired) electrons. The molecule has 3 rings (SSSR count). The Morgan fingerprint density at radius 2 is 1.91 bits per heavy atom. The van der Waals surface area contributed by atoms with Crippen LogP contribution in [0.5, 0.6) is 5.88 Å². The molecule has 0 aliphatic carbocycles. The van der Waals surface area contributed by atoms with Gasteiger partial charge in [-0.15, -0.1) is 5.10 Å². The maximum Gasteiger partial charge on any atom is 0.266 e. The number of carbonyl (C=O) groups excluding carboxylic acids is 1. The lowest BCUT2D eigenvalue weighted by Gasteiger charge is -2.12. The third-order valence-corrected chi connectivity index (χ3v) is 3.17. The molecule has 116 valence electrons. The van der Waals surface area contributed by atoms with Crippen LogP contribution >= 0.6 is 0 Å². The first-order chi connectivity index (χ1) is 11.2. The highest BCUT2D eigenvalue weighted by Crippen LogP contribution is 2.13. The average molecular weight is 308 g/mol. The van der Waals surface area contributed by atoms with E-state index in [-0.39, 0.29) is 5.91 Å². The van der Waals surface area contributed by atoms with E-state index in [1.54, 1.807) is 48.3 Å². The smallest absolute Gasteiger partial charge is 0.266 e. The first kappa shape index (κ1) is 14.8. The molecule has 0 unspecified atom stereocenters. The quantitative estimate of drug-likeness (QED) is 0.787. The molecule has 0 saturated carbocycles. The maximum absolute atomic E-state index is 12.1. The summed E-state index contributed by atoms with van der Waals surface area (Å²) in [6.07, 6.45) is 2.72. The highest BCUT2D eigenvalue weighted by atomic mass is 16.5. The number of pyridine rings is 1. The minimum Gasteiger partial charge on any atom is -0.463 e. The number of nitrogens with zero attached hydrogens (tertiary/aromatic N) is 3. The molecular formula is C17H16N4O2. The topological polar surface area (TPSA) is 69.0 Å². The largest absolute Gasteiger partial charge is 0.463 e. The van der Waals surface area contributed by atoms with Crippen LogP contribution in [-0.4, -0.2) is 26.8 Å². The standard InChI is InChI=1S/C17H16N4O2/c1-13(17(22)19-15-9-5-6-11-18-15)23-16-10-12-21(20-16)14-7-3-2-4-8-14/h2-13H,1H3,(H,18,19,22)/t13-/m1/s1. The summed E-state index contributed by atoms with van der Waals surface area (Å²) < 4.78 is 7.27. The highest BCUT2D eigenvalue weighted by Gasteiger charge is 2.16.